The molecule has 138 valence electrons. The Kier molecular flexibility index (Phi) is 4.20. The number of hydrogen-bond acceptors (Lipinski definition) is 4. The SMILES string of the molecule is CN(c1nnc(C2CCOCC2)n1Cc1ccccc1)C1C2CCCC21. The summed E-state index contributed by atoms with van der Waals surface area (Å²) in [6.45, 7) is 2.52. The minimum absolute atomic E-state index is 0.459. The van der Waals surface area contributed by atoms with Crippen LogP contribution in [0.1, 0.15) is 49.4 Å². The summed E-state index contributed by atoms with van der Waals surface area (Å²) in [6.07, 6.45) is 6.28. The smallest absolute Gasteiger partial charge is 0.227 e. The van der Waals surface area contributed by atoms with E-state index in [1.165, 1.54) is 24.8 Å². The number of fused-ring (bicyclic) bond motifs is 1. The second-order valence-corrected chi connectivity index (χ2v) is 8.18. The lowest BCUT2D eigenvalue weighted by Gasteiger charge is -2.25. The molecule has 2 aromatic rings. The Morgan fingerprint density at radius 2 is 1.77 bits per heavy atom. The van der Waals surface area contributed by atoms with Gasteiger partial charge >= 0.3 is 0 Å². The summed E-state index contributed by atoms with van der Waals surface area (Å²) < 4.78 is 7.94. The number of aromatic nitrogens is 3. The van der Waals surface area contributed by atoms with Crippen LogP contribution in [0.5, 0.6) is 0 Å². The van der Waals surface area contributed by atoms with E-state index in [0.717, 1.165) is 56.2 Å². The Morgan fingerprint density at radius 3 is 2.50 bits per heavy atom. The molecule has 1 aromatic heterocycles. The van der Waals surface area contributed by atoms with Crippen molar-refractivity contribution in [1.29, 1.82) is 0 Å². The quantitative estimate of drug-likeness (QED) is 0.827. The number of nitrogens with zero attached hydrogens (tertiary/aromatic N) is 4. The zero-order chi connectivity index (χ0) is 17.5. The van der Waals surface area contributed by atoms with Gasteiger partial charge in [0.1, 0.15) is 5.82 Å². The van der Waals surface area contributed by atoms with Crippen LogP contribution in [0, 0.1) is 11.8 Å². The predicted molar refractivity (Wildman–Crippen MR) is 101 cm³/mol. The highest BCUT2D eigenvalue weighted by Crippen LogP contribution is 2.55. The number of ether oxygens (including phenoxy) is 1. The van der Waals surface area contributed by atoms with E-state index in [4.69, 9.17) is 4.74 Å². The molecular weight excluding hydrogens is 324 g/mol. The average molecular weight is 352 g/mol. The van der Waals surface area contributed by atoms with E-state index >= 15 is 0 Å². The van der Waals surface area contributed by atoms with Crippen molar-refractivity contribution in [2.45, 2.75) is 50.6 Å². The summed E-state index contributed by atoms with van der Waals surface area (Å²) in [7, 11) is 2.22. The van der Waals surface area contributed by atoms with Gasteiger partial charge in [-0.3, -0.25) is 4.57 Å². The van der Waals surface area contributed by atoms with Crippen LogP contribution >= 0.6 is 0 Å². The molecule has 0 N–H and O–H groups in total. The normalized spacial score (nSPS) is 28.1. The van der Waals surface area contributed by atoms with Gasteiger partial charge in [0.25, 0.3) is 0 Å². The minimum atomic E-state index is 0.459. The zero-order valence-electron chi connectivity index (χ0n) is 15.6. The lowest BCUT2D eigenvalue weighted by Crippen LogP contribution is -2.28. The molecule has 1 aromatic carbocycles. The first kappa shape index (κ1) is 16.3. The molecule has 2 atom stereocenters. The van der Waals surface area contributed by atoms with E-state index < -0.39 is 0 Å². The van der Waals surface area contributed by atoms with Gasteiger partial charge in [-0.1, -0.05) is 36.8 Å². The van der Waals surface area contributed by atoms with Gasteiger partial charge in [-0.15, -0.1) is 10.2 Å². The number of benzene rings is 1. The molecule has 0 amide bonds. The highest BCUT2D eigenvalue weighted by atomic mass is 16.5. The molecule has 2 saturated carbocycles. The van der Waals surface area contributed by atoms with Crippen molar-refractivity contribution in [2.75, 3.05) is 25.2 Å². The minimum Gasteiger partial charge on any atom is -0.381 e. The second-order valence-electron chi connectivity index (χ2n) is 8.18. The topological polar surface area (TPSA) is 43.2 Å². The first-order valence-electron chi connectivity index (χ1n) is 10.1. The molecule has 2 unspecified atom stereocenters. The number of hydrogen-bond donors (Lipinski definition) is 0. The van der Waals surface area contributed by atoms with Crippen LogP contribution < -0.4 is 4.90 Å². The molecule has 5 rings (SSSR count). The molecule has 5 nitrogen and oxygen atoms in total. The summed E-state index contributed by atoms with van der Waals surface area (Å²) >= 11 is 0. The molecule has 5 heteroatoms. The highest BCUT2D eigenvalue weighted by molar-refractivity contribution is 5.38. The molecule has 0 radical (unpaired) electrons. The fourth-order valence-corrected chi connectivity index (χ4v) is 5.23. The monoisotopic (exact) mass is 352 g/mol. The average Bonchev–Trinajstić information content (AvgIpc) is 3.01. The predicted octanol–water partition coefficient (Wildman–Crippen LogP) is 3.46. The van der Waals surface area contributed by atoms with Crippen molar-refractivity contribution in [3.63, 3.8) is 0 Å². The van der Waals surface area contributed by atoms with Gasteiger partial charge in [0, 0.05) is 32.2 Å². The first-order valence-corrected chi connectivity index (χ1v) is 10.1. The van der Waals surface area contributed by atoms with Gasteiger partial charge in [-0.2, -0.15) is 0 Å². The van der Waals surface area contributed by atoms with Crippen molar-refractivity contribution >= 4 is 5.95 Å². The van der Waals surface area contributed by atoms with Gasteiger partial charge in [-0.25, -0.2) is 0 Å². The maximum absolute atomic E-state index is 5.56. The molecule has 0 bridgehead atoms. The Hall–Kier alpha value is -1.88. The Bertz CT molecular complexity index is 743. The maximum Gasteiger partial charge on any atom is 0.227 e. The van der Waals surface area contributed by atoms with Crippen LogP contribution in [0.15, 0.2) is 30.3 Å². The van der Waals surface area contributed by atoms with Gasteiger partial charge in [0.15, 0.2) is 0 Å². The van der Waals surface area contributed by atoms with Crippen LogP contribution in [0.25, 0.3) is 0 Å². The second kappa shape index (κ2) is 6.69. The standard InChI is InChI=1S/C21H28N4O/c1-24(19-17-8-5-9-18(17)19)21-23-22-20(16-10-12-26-13-11-16)25(21)14-15-6-3-2-4-7-15/h2-4,6-7,16-19H,5,8-14H2,1H3. The van der Waals surface area contributed by atoms with E-state index in [2.05, 4.69) is 57.0 Å². The summed E-state index contributed by atoms with van der Waals surface area (Å²) in [4.78, 5) is 2.42. The number of rotatable bonds is 5. The van der Waals surface area contributed by atoms with Crippen LogP contribution in [-0.2, 0) is 11.3 Å². The van der Waals surface area contributed by atoms with E-state index in [-0.39, 0.29) is 0 Å². The third-order valence-electron chi connectivity index (χ3n) is 6.65. The molecule has 2 heterocycles. The van der Waals surface area contributed by atoms with Crippen LogP contribution in [0.3, 0.4) is 0 Å². The molecule has 3 aliphatic rings. The van der Waals surface area contributed by atoms with Gasteiger partial charge in [-0.05, 0) is 43.1 Å². The molecule has 0 spiro atoms. The Balaban J connectivity index is 1.46. The van der Waals surface area contributed by atoms with E-state index in [1.54, 1.807) is 0 Å². The van der Waals surface area contributed by atoms with Crippen molar-refractivity contribution < 1.29 is 4.74 Å². The van der Waals surface area contributed by atoms with Crippen molar-refractivity contribution in [2.24, 2.45) is 11.8 Å². The summed E-state index contributed by atoms with van der Waals surface area (Å²) in [5.41, 5.74) is 1.31. The third-order valence-corrected chi connectivity index (χ3v) is 6.65. The fraction of sp³-hybridized carbons (Fsp3) is 0.619. The van der Waals surface area contributed by atoms with Crippen molar-refractivity contribution in [3.05, 3.63) is 41.7 Å². The summed E-state index contributed by atoms with van der Waals surface area (Å²) in [5, 5.41) is 9.35. The Morgan fingerprint density at radius 1 is 1.04 bits per heavy atom. The van der Waals surface area contributed by atoms with E-state index in [9.17, 15) is 0 Å². The molecular formula is C21H28N4O. The van der Waals surface area contributed by atoms with E-state index in [0.29, 0.717) is 12.0 Å². The van der Waals surface area contributed by atoms with Crippen LogP contribution in [0.2, 0.25) is 0 Å². The van der Waals surface area contributed by atoms with Crippen LogP contribution in [0.4, 0.5) is 5.95 Å². The molecule has 26 heavy (non-hydrogen) atoms. The fourth-order valence-electron chi connectivity index (χ4n) is 5.23. The van der Waals surface area contributed by atoms with Crippen molar-refractivity contribution in [1.82, 2.24) is 14.8 Å². The van der Waals surface area contributed by atoms with Gasteiger partial charge in [0.05, 0.1) is 6.54 Å². The lowest BCUT2D eigenvalue weighted by atomic mass is 9.99. The van der Waals surface area contributed by atoms with Gasteiger partial charge < -0.3 is 9.64 Å². The number of anilines is 1. The Labute approximate surface area is 155 Å². The lowest BCUT2D eigenvalue weighted by molar-refractivity contribution is 0.0828. The van der Waals surface area contributed by atoms with E-state index in [1.807, 2.05) is 0 Å². The summed E-state index contributed by atoms with van der Waals surface area (Å²) in [5.74, 6) is 4.42. The molecule has 2 aliphatic carbocycles. The molecule has 1 aliphatic heterocycles. The zero-order valence-corrected chi connectivity index (χ0v) is 15.6. The molecule has 3 fully saturated rings. The van der Waals surface area contributed by atoms with Crippen LogP contribution in [-0.4, -0.2) is 41.1 Å². The molecule has 1 saturated heterocycles. The maximum atomic E-state index is 5.56. The summed E-state index contributed by atoms with van der Waals surface area (Å²) in [6, 6.07) is 11.4. The first-order chi connectivity index (χ1) is 12.8. The largest absolute Gasteiger partial charge is 0.381 e. The highest BCUT2D eigenvalue weighted by Gasteiger charge is 2.55. The van der Waals surface area contributed by atoms with Crippen molar-refractivity contribution in [3.8, 4) is 0 Å². The van der Waals surface area contributed by atoms with Gasteiger partial charge in [0.2, 0.25) is 5.95 Å². The third kappa shape index (κ3) is 2.82.